The monoisotopic (exact) mass is 431 g/mol. The van der Waals surface area contributed by atoms with E-state index >= 15 is 0 Å². The topological polar surface area (TPSA) is 54.5 Å². The molecule has 3 aliphatic rings. The number of carbonyl (C=O) groups excluding carboxylic acids is 1. The molecule has 0 radical (unpaired) electrons. The molecule has 0 spiro atoms. The van der Waals surface area contributed by atoms with Gasteiger partial charge in [0.2, 0.25) is 0 Å². The number of hydrogen-bond donors (Lipinski definition) is 0. The van der Waals surface area contributed by atoms with E-state index < -0.39 is 0 Å². The molecular formula is C24H37N3O4. The van der Waals surface area contributed by atoms with Crippen LogP contribution in [0.2, 0.25) is 0 Å². The maximum absolute atomic E-state index is 12.4. The molecule has 172 valence electrons. The lowest BCUT2D eigenvalue weighted by molar-refractivity contribution is -0.0692. The molecule has 0 aromatic heterocycles. The SMILES string of the molecule is C[C@@H]1CN(C[C@@H]2COC(=O)N2c2ccc(OCCCN3CCC[C@H]3C)cc2)C[C@H](C)O1. The van der Waals surface area contributed by atoms with E-state index in [4.69, 9.17) is 14.2 Å². The molecule has 4 rings (SSSR count). The van der Waals surface area contributed by atoms with Gasteiger partial charge in [-0.25, -0.2) is 4.79 Å². The van der Waals surface area contributed by atoms with Gasteiger partial charge in [-0.3, -0.25) is 9.80 Å². The normalized spacial score (nSPS) is 30.0. The molecule has 1 amide bonds. The van der Waals surface area contributed by atoms with Gasteiger partial charge in [-0.05, 0) is 70.8 Å². The van der Waals surface area contributed by atoms with Crippen LogP contribution >= 0.6 is 0 Å². The van der Waals surface area contributed by atoms with Crippen LogP contribution in [0.3, 0.4) is 0 Å². The summed E-state index contributed by atoms with van der Waals surface area (Å²) in [4.78, 5) is 19.1. The average molecular weight is 432 g/mol. The fourth-order valence-corrected chi connectivity index (χ4v) is 5.13. The molecule has 4 atom stereocenters. The zero-order chi connectivity index (χ0) is 21.8. The van der Waals surface area contributed by atoms with Crippen molar-refractivity contribution in [2.75, 3.05) is 50.8 Å². The summed E-state index contributed by atoms with van der Waals surface area (Å²) in [5.74, 6) is 0.846. The minimum atomic E-state index is -0.271. The standard InChI is InChI=1S/C24H37N3O4/c1-18-6-4-11-26(18)12-5-13-29-23-9-7-21(8-10-23)27-22(17-30-24(27)28)16-25-14-19(2)31-20(3)15-25/h7-10,18-20,22H,4-6,11-17H2,1-3H3/t18-,19-,20+,22-/m1/s1. The summed E-state index contributed by atoms with van der Waals surface area (Å²) in [7, 11) is 0. The highest BCUT2D eigenvalue weighted by Crippen LogP contribution is 2.27. The number of likely N-dealkylation sites (tertiary alicyclic amines) is 1. The molecule has 0 N–H and O–H groups in total. The van der Waals surface area contributed by atoms with Crippen LogP contribution in [0.4, 0.5) is 10.5 Å². The Bertz CT molecular complexity index is 718. The van der Waals surface area contributed by atoms with E-state index in [2.05, 4.69) is 30.6 Å². The third-order valence-corrected chi connectivity index (χ3v) is 6.59. The van der Waals surface area contributed by atoms with Crippen LogP contribution in [0.1, 0.15) is 40.0 Å². The first kappa shape index (κ1) is 22.4. The van der Waals surface area contributed by atoms with Gasteiger partial charge in [0.15, 0.2) is 0 Å². The summed E-state index contributed by atoms with van der Waals surface area (Å²) in [5.41, 5.74) is 0.861. The highest BCUT2D eigenvalue weighted by molar-refractivity contribution is 5.90. The number of cyclic esters (lactones) is 1. The fraction of sp³-hybridized carbons (Fsp3) is 0.708. The van der Waals surface area contributed by atoms with Crippen molar-refractivity contribution < 1.29 is 19.0 Å². The van der Waals surface area contributed by atoms with Crippen molar-refractivity contribution >= 4 is 11.8 Å². The zero-order valence-electron chi connectivity index (χ0n) is 19.2. The summed E-state index contributed by atoms with van der Waals surface area (Å²) in [6.07, 6.45) is 3.80. The molecule has 0 aliphatic carbocycles. The third kappa shape index (κ3) is 5.70. The van der Waals surface area contributed by atoms with Crippen LogP contribution in [0.5, 0.6) is 5.75 Å². The molecule has 3 saturated heterocycles. The minimum Gasteiger partial charge on any atom is -0.494 e. The Hall–Kier alpha value is -1.83. The maximum Gasteiger partial charge on any atom is 0.414 e. The molecule has 0 unspecified atom stereocenters. The van der Waals surface area contributed by atoms with Crippen molar-refractivity contribution in [2.45, 2.75) is 64.3 Å². The third-order valence-electron chi connectivity index (χ3n) is 6.59. The van der Waals surface area contributed by atoms with Crippen molar-refractivity contribution in [3.05, 3.63) is 24.3 Å². The largest absolute Gasteiger partial charge is 0.494 e. The lowest BCUT2D eigenvalue weighted by atomic mass is 10.1. The highest BCUT2D eigenvalue weighted by Gasteiger charge is 2.36. The van der Waals surface area contributed by atoms with Gasteiger partial charge in [-0.2, -0.15) is 0 Å². The van der Waals surface area contributed by atoms with Gasteiger partial charge in [-0.1, -0.05) is 0 Å². The maximum atomic E-state index is 12.4. The predicted molar refractivity (Wildman–Crippen MR) is 121 cm³/mol. The van der Waals surface area contributed by atoms with Crippen LogP contribution in [-0.4, -0.2) is 86.1 Å². The van der Waals surface area contributed by atoms with Crippen LogP contribution in [0.15, 0.2) is 24.3 Å². The second-order valence-electron chi connectivity index (χ2n) is 9.30. The van der Waals surface area contributed by atoms with Crippen LogP contribution in [-0.2, 0) is 9.47 Å². The molecule has 7 heteroatoms. The van der Waals surface area contributed by atoms with E-state index in [1.165, 1.54) is 19.4 Å². The molecule has 1 aromatic carbocycles. The van der Waals surface area contributed by atoms with Gasteiger partial charge in [0.1, 0.15) is 12.4 Å². The summed E-state index contributed by atoms with van der Waals surface area (Å²) < 4.78 is 17.2. The molecule has 31 heavy (non-hydrogen) atoms. The fourth-order valence-electron chi connectivity index (χ4n) is 5.13. The Morgan fingerprint density at radius 2 is 1.84 bits per heavy atom. The molecule has 0 saturated carbocycles. The van der Waals surface area contributed by atoms with Crippen molar-refractivity contribution in [3.8, 4) is 5.75 Å². The van der Waals surface area contributed by atoms with Gasteiger partial charge in [0.25, 0.3) is 0 Å². The molecule has 3 fully saturated rings. The Labute approximate surface area is 186 Å². The van der Waals surface area contributed by atoms with Gasteiger partial charge in [0.05, 0.1) is 24.9 Å². The lowest BCUT2D eigenvalue weighted by Crippen LogP contribution is -2.51. The van der Waals surface area contributed by atoms with Crippen LogP contribution in [0, 0.1) is 0 Å². The number of anilines is 1. The number of nitrogens with zero attached hydrogens (tertiary/aromatic N) is 3. The summed E-state index contributed by atoms with van der Waals surface area (Å²) in [5, 5.41) is 0. The van der Waals surface area contributed by atoms with Crippen LogP contribution < -0.4 is 9.64 Å². The zero-order valence-corrected chi connectivity index (χ0v) is 19.2. The second-order valence-corrected chi connectivity index (χ2v) is 9.30. The number of hydrogen-bond acceptors (Lipinski definition) is 6. The number of amides is 1. The molecule has 3 heterocycles. The van der Waals surface area contributed by atoms with Gasteiger partial charge >= 0.3 is 6.09 Å². The Morgan fingerprint density at radius 1 is 1.10 bits per heavy atom. The lowest BCUT2D eigenvalue weighted by Gasteiger charge is -2.37. The molecular weight excluding hydrogens is 394 g/mol. The Morgan fingerprint density at radius 3 is 2.52 bits per heavy atom. The van der Waals surface area contributed by atoms with E-state index in [9.17, 15) is 4.79 Å². The summed E-state index contributed by atoms with van der Waals surface area (Å²) in [6.45, 7) is 12.5. The summed E-state index contributed by atoms with van der Waals surface area (Å²) >= 11 is 0. The van der Waals surface area contributed by atoms with Crippen molar-refractivity contribution in [2.24, 2.45) is 0 Å². The van der Waals surface area contributed by atoms with Gasteiger partial charge in [-0.15, -0.1) is 0 Å². The van der Waals surface area contributed by atoms with Crippen LogP contribution in [0.25, 0.3) is 0 Å². The predicted octanol–water partition coefficient (Wildman–Crippen LogP) is 3.37. The van der Waals surface area contributed by atoms with E-state index in [1.807, 2.05) is 24.3 Å². The first-order valence-corrected chi connectivity index (χ1v) is 11.8. The van der Waals surface area contributed by atoms with Crippen molar-refractivity contribution in [1.82, 2.24) is 9.80 Å². The average Bonchev–Trinajstić information content (AvgIpc) is 3.30. The number of carbonyl (C=O) groups is 1. The quantitative estimate of drug-likeness (QED) is 0.588. The highest BCUT2D eigenvalue weighted by atomic mass is 16.6. The summed E-state index contributed by atoms with van der Waals surface area (Å²) in [6, 6.07) is 8.55. The number of rotatable bonds is 8. The first-order valence-electron chi connectivity index (χ1n) is 11.8. The van der Waals surface area contributed by atoms with E-state index in [0.29, 0.717) is 19.3 Å². The molecule has 1 aromatic rings. The van der Waals surface area contributed by atoms with Gasteiger partial charge in [0, 0.05) is 37.9 Å². The molecule has 0 bridgehead atoms. The minimum absolute atomic E-state index is 0.0132. The first-order chi connectivity index (χ1) is 15.0. The molecule has 7 nitrogen and oxygen atoms in total. The second kappa shape index (κ2) is 10.2. The van der Waals surface area contributed by atoms with Crippen molar-refractivity contribution in [3.63, 3.8) is 0 Å². The number of morpholine rings is 1. The van der Waals surface area contributed by atoms with Gasteiger partial charge < -0.3 is 19.1 Å². The molecule has 3 aliphatic heterocycles. The number of benzene rings is 1. The van der Waals surface area contributed by atoms with Crippen molar-refractivity contribution in [1.29, 1.82) is 0 Å². The van der Waals surface area contributed by atoms with E-state index in [-0.39, 0.29) is 24.3 Å². The smallest absolute Gasteiger partial charge is 0.414 e. The van der Waals surface area contributed by atoms with E-state index in [1.54, 1.807) is 4.90 Å². The Kier molecular flexibility index (Phi) is 7.35. The van der Waals surface area contributed by atoms with E-state index in [0.717, 1.165) is 44.0 Å². The Balaban J connectivity index is 1.28. The number of ether oxygens (including phenoxy) is 3.